The Morgan fingerprint density at radius 2 is 2.22 bits per heavy atom. The van der Waals surface area contributed by atoms with Crippen molar-refractivity contribution in [3.8, 4) is 0 Å². The van der Waals surface area contributed by atoms with Crippen LogP contribution in [0.15, 0.2) is 16.8 Å². The number of hydrogen-bond donors (Lipinski definition) is 0. The SMILES string of the molecule is Cc1nc(CC(=O)N2CCC3(CC2)OCCc2ccsc23)cs1. The Bertz CT molecular complexity index is 714. The molecule has 0 aromatic carbocycles. The Morgan fingerprint density at radius 3 is 2.96 bits per heavy atom. The maximum atomic E-state index is 12.5. The number of aryl methyl sites for hydroxylation is 1. The van der Waals surface area contributed by atoms with Gasteiger partial charge in [0.15, 0.2) is 0 Å². The lowest BCUT2D eigenvalue weighted by atomic mass is 9.85. The molecule has 0 unspecified atom stereocenters. The van der Waals surface area contributed by atoms with Gasteiger partial charge in [0.05, 0.1) is 23.7 Å². The van der Waals surface area contributed by atoms with Gasteiger partial charge in [-0.15, -0.1) is 22.7 Å². The molecule has 1 saturated heterocycles. The number of ether oxygens (including phenoxy) is 1. The van der Waals surface area contributed by atoms with Gasteiger partial charge < -0.3 is 9.64 Å². The Morgan fingerprint density at radius 1 is 1.39 bits per heavy atom. The second-order valence-electron chi connectivity index (χ2n) is 6.28. The van der Waals surface area contributed by atoms with Crippen LogP contribution in [0.2, 0.25) is 0 Å². The van der Waals surface area contributed by atoms with Crippen LogP contribution in [0.4, 0.5) is 0 Å². The quantitative estimate of drug-likeness (QED) is 0.837. The summed E-state index contributed by atoms with van der Waals surface area (Å²) in [4.78, 5) is 20.3. The summed E-state index contributed by atoms with van der Waals surface area (Å²) in [5, 5.41) is 5.18. The minimum Gasteiger partial charge on any atom is -0.369 e. The molecule has 0 atom stereocenters. The molecule has 1 fully saturated rings. The lowest BCUT2D eigenvalue weighted by Crippen LogP contribution is -2.48. The van der Waals surface area contributed by atoms with Gasteiger partial charge in [0, 0.05) is 23.3 Å². The molecule has 0 bridgehead atoms. The number of amides is 1. The first-order valence-electron chi connectivity index (χ1n) is 8.06. The van der Waals surface area contributed by atoms with Gasteiger partial charge in [-0.05, 0) is 43.2 Å². The Labute approximate surface area is 144 Å². The zero-order chi connectivity index (χ0) is 15.9. The van der Waals surface area contributed by atoms with Crippen molar-refractivity contribution < 1.29 is 9.53 Å². The highest BCUT2D eigenvalue weighted by Gasteiger charge is 2.42. The number of aromatic nitrogens is 1. The number of piperidine rings is 1. The summed E-state index contributed by atoms with van der Waals surface area (Å²) in [5.74, 6) is 0.187. The summed E-state index contributed by atoms with van der Waals surface area (Å²) in [6, 6.07) is 2.23. The smallest absolute Gasteiger partial charge is 0.228 e. The third-order valence-electron chi connectivity index (χ3n) is 4.83. The highest BCUT2D eigenvalue weighted by molar-refractivity contribution is 7.10. The topological polar surface area (TPSA) is 42.4 Å². The molecule has 122 valence electrons. The standard InChI is InChI=1S/C17H20N2O2S2/c1-12-18-14(11-23-12)10-15(20)19-6-4-17(5-7-19)16-13(2-8-21-17)3-9-22-16/h3,9,11H,2,4-8,10H2,1H3. The van der Waals surface area contributed by atoms with E-state index in [9.17, 15) is 4.79 Å². The second-order valence-corrected chi connectivity index (χ2v) is 8.26. The van der Waals surface area contributed by atoms with Crippen LogP contribution in [-0.4, -0.2) is 35.5 Å². The molecule has 4 nitrogen and oxygen atoms in total. The number of carbonyl (C=O) groups excluding carboxylic acids is 1. The Kier molecular flexibility index (Phi) is 3.99. The first-order valence-corrected chi connectivity index (χ1v) is 9.82. The van der Waals surface area contributed by atoms with Gasteiger partial charge in [-0.25, -0.2) is 4.98 Å². The summed E-state index contributed by atoms with van der Waals surface area (Å²) in [6.07, 6.45) is 3.25. The van der Waals surface area contributed by atoms with E-state index < -0.39 is 0 Å². The fourth-order valence-electron chi connectivity index (χ4n) is 3.60. The number of fused-ring (bicyclic) bond motifs is 2. The van der Waals surface area contributed by atoms with E-state index in [4.69, 9.17) is 4.74 Å². The fourth-order valence-corrected chi connectivity index (χ4v) is 5.38. The van der Waals surface area contributed by atoms with E-state index in [0.717, 1.165) is 49.7 Å². The van der Waals surface area contributed by atoms with Crippen LogP contribution in [0, 0.1) is 6.92 Å². The van der Waals surface area contributed by atoms with Gasteiger partial charge in [0.25, 0.3) is 0 Å². The van der Waals surface area contributed by atoms with E-state index in [1.54, 1.807) is 11.3 Å². The maximum Gasteiger partial charge on any atom is 0.228 e. The molecule has 0 radical (unpaired) electrons. The zero-order valence-corrected chi connectivity index (χ0v) is 14.8. The number of rotatable bonds is 2. The molecular weight excluding hydrogens is 328 g/mol. The van der Waals surface area contributed by atoms with Crippen molar-refractivity contribution in [3.05, 3.63) is 38.0 Å². The van der Waals surface area contributed by atoms with Crippen molar-refractivity contribution in [3.63, 3.8) is 0 Å². The van der Waals surface area contributed by atoms with E-state index in [2.05, 4.69) is 16.4 Å². The van der Waals surface area contributed by atoms with E-state index >= 15 is 0 Å². The van der Waals surface area contributed by atoms with E-state index in [1.807, 2.05) is 28.5 Å². The van der Waals surface area contributed by atoms with Crippen LogP contribution in [0.5, 0.6) is 0 Å². The first-order chi connectivity index (χ1) is 11.2. The molecule has 23 heavy (non-hydrogen) atoms. The van der Waals surface area contributed by atoms with Crippen molar-refractivity contribution in [2.45, 2.75) is 38.2 Å². The number of thiazole rings is 1. The van der Waals surface area contributed by atoms with Crippen molar-refractivity contribution in [2.75, 3.05) is 19.7 Å². The van der Waals surface area contributed by atoms with Gasteiger partial charge in [0.1, 0.15) is 5.60 Å². The van der Waals surface area contributed by atoms with Crippen molar-refractivity contribution in [1.82, 2.24) is 9.88 Å². The number of likely N-dealkylation sites (tertiary alicyclic amines) is 1. The van der Waals surface area contributed by atoms with Crippen molar-refractivity contribution in [2.24, 2.45) is 0 Å². The molecular formula is C17H20N2O2S2. The summed E-state index contributed by atoms with van der Waals surface area (Å²) in [5.41, 5.74) is 2.20. The highest BCUT2D eigenvalue weighted by atomic mass is 32.1. The van der Waals surface area contributed by atoms with Crippen LogP contribution >= 0.6 is 22.7 Å². The van der Waals surface area contributed by atoms with E-state index in [-0.39, 0.29) is 11.5 Å². The zero-order valence-electron chi connectivity index (χ0n) is 13.2. The molecule has 2 aromatic heterocycles. The first kappa shape index (κ1) is 15.3. The lowest BCUT2D eigenvalue weighted by Gasteiger charge is -2.43. The average molecular weight is 348 g/mol. The van der Waals surface area contributed by atoms with Gasteiger partial charge in [-0.3, -0.25) is 4.79 Å². The van der Waals surface area contributed by atoms with E-state index in [0.29, 0.717) is 6.42 Å². The fraction of sp³-hybridized carbons (Fsp3) is 0.529. The predicted octanol–water partition coefficient (Wildman–Crippen LogP) is 3.15. The predicted molar refractivity (Wildman–Crippen MR) is 92.0 cm³/mol. The van der Waals surface area contributed by atoms with Gasteiger partial charge in [0.2, 0.25) is 5.91 Å². The third-order valence-corrected chi connectivity index (χ3v) is 6.80. The van der Waals surface area contributed by atoms with Crippen molar-refractivity contribution in [1.29, 1.82) is 0 Å². The molecule has 0 aliphatic carbocycles. The van der Waals surface area contributed by atoms with E-state index in [1.165, 1.54) is 10.4 Å². The van der Waals surface area contributed by atoms with Gasteiger partial charge in [-0.1, -0.05) is 0 Å². The molecule has 2 aromatic rings. The minimum absolute atomic E-state index is 0.143. The van der Waals surface area contributed by atoms with Crippen LogP contribution in [0.1, 0.15) is 34.0 Å². The summed E-state index contributed by atoms with van der Waals surface area (Å²) >= 11 is 3.41. The average Bonchev–Trinajstić information content (AvgIpc) is 3.18. The molecule has 4 heterocycles. The number of thiophene rings is 1. The number of carbonyl (C=O) groups is 1. The largest absolute Gasteiger partial charge is 0.369 e. The molecule has 1 amide bonds. The third kappa shape index (κ3) is 2.84. The molecule has 0 N–H and O–H groups in total. The van der Waals surface area contributed by atoms with Crippen LogP contribution in [0.3, 0.4) is 0 Å². The number of hydrogen-bond acceptors (Lipinski definition) is 5. The summed E-state index contributed by atoms with van der Waals surface area (Å²) < 4.78 is 6.20. The van der Waals surface area contributed by atoms with Crippen molar-refractivity contribution >= 4 is 28.6 Å². The molecule has 2 aliphatic rings. The second kappa shape index (κ2) is 6.00. The Hall–Kier alpha value is -1.24. The summed E-state index contributed by atoms with van der Waals surface area (Å²) in [7, 11) is 0. The molecule has 1 spiro atoms. The monoisotopic (exact) mass is 348 g/mol. The molecule has 0 saturated carbocycles. The lowest BCUT2D eigenvalue weighted by molar-refractivity contribution is -0.139. The normalized spacial score (nSPS) is 19.8. The summed E-state index contributed by atoms with van der Waals surface area (Å²) in [6.45, 7) is 4.33. The van der Waals surface area contributed by atoms with Crippen LogP contribution in [-0.2, 0) is 28.0 Å². The molecule has 2 aliphatic heterocycles. The van der Waals surface area contributed by atoms with Gasteiger partial charge >= 0.3 is 0 Å². The number of nitrogens with zero attached hydrogens (tertiary/aromatic N) is 2. The van der Waals surface area contributed by atoms with Gasteiger partial charge in [-0.2, -0.15) is 0 Å². The van der Waals surface area contributed by atoms with Crippen LogP contribution < -0.4 is 0 Å². The minimum atomic E-state index is -0.143. The maximum absolute atomic E-state index is 12.5. The Balaban J connectivity index is 1.43. The molecule has 4 rings (SSSR count). The highest BCUT2D eigenvalue weighted by Crippen LogP contribution is 2.44. The van der Waals surface area contributed by atoms with Crippen LogP contribution in [0.25, 0.3) is 0 Å². The molecule has 6 heteroatoms.